The predicted molar refractivity (Wildman–Crippen MR) is 107 cm³/mol. The zero-order valence-corrected chi connectivity index (χ0v) is 16.9. The lowest BCUT2D eigenvalue weighted by Crippen LogP contribution is -2.48. The highest BCUT2D eigenvalue weighted by Crippen LogP contribution is 2.22. The van der Waals surface area contributed by atoms with E-state index in [4.69, 9.17) is 5.21 Å². The highest BCUT2D eigenvalue weighted by atomic mass is 16.5. The molecule has 2 aromatic rings. The van der Waals surface area contributed by atoms with Crippen LogP contribution in [0.25, 0.3) is 0 Å². The minimum absolute atomic E-state index is 0.326. The largest absolute Gasteiger partial charge is 0.341 e. The Kier molecular flexibility index (Phi) is 6.59. The van der Waals surface area contributed by atoms with Gasteiger partial charge in [-0.05, 0) is 56.4 Å². The van der Waals surface area contributed by atoms with Crippen LogP contribution in [0.1, 0.15) is 40.9 Å². The maximum atomic E-state index is 11.7. The monoisotopic (exact) mass is 383 g/mol. The van der Waals surface area contributed by atoms with Crippen molar-refractivity contribution in [2.45, 2.75) is 52.7 Å². The summed E-state index contributed by atoms with van der Waals surface area (Å²) >= 11 is 0. The van der Waals surface area contributed by atoms with E-state index in [2.05, 4.69) is 47.8 Å². The molecule has 0 aliphatic carbocycles. The van der Waals surface area contributed by atoms with Gasteiger partial charge in [-0.25, -0.2) is 10.3 Å². The number of piperidine rings is 1. The lowest BCUT2D eigenvalue weighted by molar-refractivity contribution is 0.0851. The van der Waals surface area contributed by atoms with Crippen LogP contribution in [0.5, 0.6) is 0 Å². The van der Waals surface area contributed by atoms with Gasteiger partial charge >= 0.3 is 6.03 Å². The number of urea groups is 1. The number of hydroxylamine groups is 1. The number of aromatic nitrogens is 2. The molecule has 0 radical (unpaired) electrons. The van der Waals surface area contributed by atoms with Gasteiger partial charge in [-0.1, -0.05) is 12.1 Å². The maximum Gasteiger partial charge on any atom is 0.341 e. The van der Waals surface area contributed by atoms with E-state index in [1.165, 1.54) is 11.1 Å². The number of rotatable bonds is 5. The Morgan fingerprint density at radius 3 is 2.46 bits per heavy atom. The first kappa shape index (κ1) is 20.2. The van der Waals surface area contributed by atoms with Crippen molar-refractivity contribution < 1.29 is 10.0 Å². The number of amides is 2. The van der Waals surface area contributed by atoms with Gasteiger partial charge in [-0.15, -0.1) is 0 Å². The Labute approximate surface area is 166 Å². The van der Waals surface area contributed by atoms with Crippen molar-refractivity contribution in [1.82, 2.24) is 25.2 Å². The second-order valence-electron chi connectivity index (χ2n) is 7.58. The minimum atomic E-state index is -0.429. The highest BCUT2D eigenvalue weighted by molar-refractivity contribution is 5.72. The minimum Gasteiger partial charge on any atom is -0.323 e. The van der Waals surface area contributed by atoms with Gasteiger partial charge in [-0.3, -0.25) is 20.1 Å². The third-order valence-electron chi connectivity index (χ3n) is 5.51. The molecular formula is C21H29N5O2. The second kappa shape index (κ2) is 9.12. The molecule has 7 heteroatoms. The van der Waals surface area contributed by atoms with E-state index in [1.54, 1.807) is 10.4 Å². The SMILES string of the molecule is Cc1cnc(CN(Cc2ncccc2C)C2CCN(C(=O)NO)CC2)c(C)c1. The Morgan fingerprint density at radius 1 is 1.18 bits per heavy atom. The zero-order valence-electron chi connectivity index (χ0n) is 16.9. The molecule has 7 nitrogen and oxygen atoms in total. The number of nitrogens with zero attached hydrogens (tertiary/aromatic N) is 4. The fraction of sp³-hybridized carbons (Fsp3) is 0.476. The fourth-order valence-corrected chi connectivity index (χ4v) is 3.80. The molecule has 2 amide bonds. The van der Waals surface area contributed by atoms with Gasteiger partial charge in [-0.2, -0.15) is 0 Å². The number of pyridine rings is 2. The molecule has 150 valence electrons. The topological polar surface area (TPSA) is 81.6 Å². The molecule has 1 aliphatic heterocycles. The summed E-state index contributed by atoms with van der Waals surface area (Å²) in [6.45, 7) is 8.99. The summed E-state index contributed by atoms with van der Waals surface area (Å²) < 4.78 is 0. The average Bonchev–Trinajstić information content (AvgIpc) is 2.70. The molecule has 0 bridgehead atoms. The van der Waals surface area contributed by atoms with Crippen LogP contribution < -0.4 is 5.48 Å². The molecule has 1 aliphatic rings. The standard InChI is InChI=1S/C21H29N5O2/c1-15-11-17(3)20(23-12-15)14-26(13-19-16(2)5-4-8-22-19)18-6-9-25(10-7-18)21(27)24-28/h4-5,8,11-12,18,28H,6-7,9-10,13-14H2,1-3H3,(H,24,27). The molecular weight excluding hydrogens is 354 g/mol. The summed E-state index contributed by atoms with van der Waals surface area (Å²) in [5, 5.41) is 8.87. The number of likely N-dealkylation sites (tertiary alicyclic amines) is 1. The fourth-order valence-electron chi connectivity index (χ4n) is 3.80. The van der Waals surface area contributed by atoms with Crippen molar-refractivity contribution in [1.29, 1.82) is 0 Å². The van der Waals surface area contributed by atoms with Crippen molar-refractivity contribution in [2.75, 3.05) is 13.1 Å². The van der Waals surface area contributed by atoms with Gasteiger partial charge in [0.25, 0.3) is 0 Å². The van der Waals surface area contributed by atoms with Crippen LogP contribution in [0.2, 0.25) is 0 Å². The normalized spacial score (nSPS) is 15.1. The number of aryl methyl sites for hydroxylation is 3. The predicted octanol–water partition coefficient (Wildman–Crippen LogP) is 2.97. The second-order valence-corrected chi connectivity index (χ2v) is 7.58. The van der Waals surface area contributed by atoms with E-state index in [9.17, 15) is 4.79 Å². The van der Waals surface area contributed by atoms with E-state index in [1.807, 2.05) is 18.5 Å². The average molecular weight is 383 g/mol. The van der Waals surface area contributed by atoms with Gasteiger partial charge in [0.1, 0.15) is 0 Å². The molecule has 2 N–H and O–H groups in total. The molecule has 1 fully saturated rings. The van der Waals surface area contributed by atoms with Crippen LogP contribution in [-0.2, 0) is 13.1 Å². The third kappa shape index (κ3) is 4.85. The Bertz CT molecular complexity index is 818. The van der Waals surface area contributed by atoms with E-state index < -0.39 is 6.03 Å². The van der Waals surface area contributed by atoms with Crippen molar-refractivity contribution in [3.8, 4) is 0 Å². The number of carbonyl (C=O) groups excluding carboxylic acids is 1. The molecule has 0 unspecified atom stereocenters. The van der Waals surface area contributed by atoms with E-state index >= 15 is 0 Å². The van der Waals surface area contributed by atoms with E-state index in [-0.39, 0.29) is 0 Å². The molecule has 3 rings (SSSR count). The lowest BCUT2D eigenvalue weighted by atomic mass is 10.0. The van der Waals surface area contributed by atoms with Crippen molar-refractivity contribution in [2.24, 2.45) is 0 Å². The number of nitrogens with one attached hydrogen (secondary N) is 1. The highest BCUT2D eigenvalue weighted by Gasteiger charge is 2.28. The molecule has 0 aromatic carbocycles. The van der Waals surface area contributed by atoms with Crippen molar-refractivity contribution in [3.63, 3.8) is 0 Å². The molecule has 1 saturated heterocycles. The summed E-state index contributed by atoms with van der Waals surface area (Å²) in [5.74, 6) is 0. The first-order chi connectivity index (χ1) is 13.5. The maximum absolute atomic E-state index is 11.7. The number of carbonyl (C=O) groups is 1. The third-order valence-corrected chi connectivity index (χ3v) is 5.51. The van der Waals surface area contributed by atoms with Crippen LogP contribution in [0, 0.1) is 20.8 Å². The molecule has 0 spiro atoms. The van der Waals surface area contributed by atoms with Gasteiger partial charge in [0.15, 0.2) is 0 Å². The van der Waals surface area contributed by atoms with Crippen LogP contribution in [0.3, 0.4) is 0 Å². The smallest absolute Gasteiger partial charge is 0.323 e. The first-order valence-corrected chi connectivity index (χ1v) is 9.73. The summed E-state index contributed by atoms with van der Waals surface area (Å²) in [6, 6.07) is 6.11. The summed E-state index contributed by atoms with van der Waals surface area (Å²) in [5.41, 5.74) is 7.42. The van der Waals surface area contributed by atoms with Crippen molar-refractivity contribution in [3.05, 3.63) is 58.7 Å². The van der Waals surface area contributed by atoms with Gasteiger partial charge in [0.2, 0.25) is 0 Å². The summed E-state index contributed by atoms with van der Waals surface area (Å²) in [7, 11) is 0. The first-order valence-electron chi connectivity index (χ1n) is 9.73. The van der Waals surface area contributed by atoms with Crippen LogP contribution in [-0.4, -0.2) is 50.1 Å². The number of hydrogen-bond acceptors (Lipinski definition) is 5. The van der Waals surface area contributed by atoms with Crippen LogP contribution in [0.4, 0.5) is 4.79 Å². The Hall–Kier alpha value is -2.51. The summed E-state index contributed by atoms with van der Waals surface area (Å²) in [4.78, 5) is 25.0. The molecule has 28 heavy (non-hydrogen) atoms. The van der Waals surface area contributed by atoms with Crippen molar-refractivity contribution >= 4 is 6.03 Å². The molecule has 0 saturated carbocycles. The summed E-state index contributed by atoms with van der Waals surface area (Å²) in [6.07, 6.45) is 5.46. The van der Waals surface area contributed by atoms with Gasteiger partial charge in [0, 0.05) is 44.6 Å². The van der Waals surface area contributed by atoms with Gasteiger partial charge < -0.3 is 4.90 Å². The lowest BCUT2D eigenvalue weighted by Gasteiger charge is -2.38. The van der Waals surface area contributed by atoms with Crippen LogP contribution in [0.15, 0.2) is 30.6 Å². The molecule has 0 atom stereocenters. The molecule has 3 heterocycles. The Balaban J connectivity index is 1.78. The molecule has 2 aromatic heterocycles. The van der Waals surface area contributed by atoms with Crippen LogP contribution >= 0.6 is 0 Å². The Morgan fingerprint density at radius 2 is 1.86 bits per heavy atom. The number of hydrogen-bond donors (Lipinski definition) is 2. The van der Waals surface area contributed by atoms with Gasteiger partial charge in [0.05, 0.1) is 11.4 Å². The quantitative estimate of drug-likeness (QED) is 0.613. The zero-order chi connectivity index (χ0) is 20.1. The van der Waals surface area contributed by atoms with E-state index in [0.717, 1.165) is 42.9 Å². The van der Waals surface area contributed by atoms with E-state index in [0.29, 0.717) is 19.1 Å².